The molecule has 1 aromatic heterocycles. The van der Waals surface area contributed by atoms with Crippen LogP contribution in [-0.2, 0) is 17.8 Å². The first-order chi connectivity index (χ1) is 12.2. The molecule has 2 aromatic rings. The maximum Gasteiger partial charge on any atom is 0.240 e. The summed E-state index contributed by atoms with van der Waals surface area (Å²) < 4.78 is 5.45. The van der Waals surface area contributed by atoms with Gasteiger partial charge in [-0.15, -0.1) is 0 Å². The summed E-state index contributed by atoms with van der Waals surface area (Å²) >= 11 is 0. The number of nitrogens with zero attached hydrogens (tertiary/aromatic N) is 3. The number of benzene rings is 1. The molecule has 1 saturated heterocycles. The minimum Gasteiger partial charge on any atom is -0.368 e. The van der Waals surface area contributed by atoms with E-state index in [2.05, 4.69) is 15.0 Å². The standard InChI is InChI=1S/C19H24N4O2/c20-19(24)16-11-14-8-4-5-9-15(14)23(16)12-18-21-17(22-25-18)10-13-6-2-1-3-7-13/h1-3,6-7,14-16H,4-5,8-12H2,(H2,20,24)/t14-,15+,16-/m0/s1. The molecule has 2 aliphatic rings. The molecule has 4 rings (SSSR count). The van der Waals surface area contributed by atoms with E-state index in [1.807, 2.05) is 30.3 Å². The van der Waals surface area contributed by atoms with Crippen LogP contribution in [0.25, 0.3) is 0 Å². The quantitative estimate of drug-likeness (QED) is 0.902. The number of nitrogens with two attached hydrogens (primary N) is 1. The largest absolute Gasteiger partial charge is 0.368 e. The molecule has 0 unspecified atom stereocenters. The Morgan fingerprint density at radius 1 is 1.24 bits per heavy atom. The summed E-state index contributed by atoms with van der Waals surface area (Å²) in [5.41, 5.74) is 6.81. The predicted octanol–water partition coefficient (Wildman–Crippen LogP) is 2.28. The number of aromatic nitrogens is 2. The van der Waals surface area contributed by atoms with E-state index in [-0.39, 0.29) is 11.9 Å². The Morgan fingerprint density at radius 3 is 2.84 bits per heavy atom. The van der Waals surface area contributed by atoms with Gasteiger partial charge in [0, 0.05) is 12.5 Å². The molecule has 0 radical (unpaired) electrons. The van der Waals surface area contributed by atoms with Crippen LogP contribution in [0.1, 0.15) is 49.4 Å². The molecule has 1 aliphatic heterocycles. The summed E-state index contributed by atoms with van der Waals surface area (Å²) in [6, 6.07) is 10.3. The Bertz CT molecular complexity index is 730. The van der Waals surface area contributed by atoms with Crippen molar-refractivity contribution in [2.24, 2.45) is 11.7 Å². The molecule has 1 saturated carbocycles. The van der Waals surface area contributed by atoms with Crippen molar-refractivity contribution in [3.63, 3.8) is 0 Å². The second-order valence-electron chi connectivity index (χ2n) is 7.20. The lowest BCUT2D eigenvalue weighted by molar-refractivity contribution is -0.123. The molecule has 25 heavy (non-hydrogen) atoms. The lowest BCUT2D eigenvalue weighted by atomic mass is 9.85. The van der Waals surface area contributed by atoms with Gasteiger partial charge in [0.05, 0.1) is 12.6 Å². The first-order valence-corrected chi connectivity index (χ1v) is 9.11. The summed E-state index contributed by atoms with van der Waals surface area (Å²) in [5, 5.41) is 4.10. The number of carbonyl (C=O) groups is 1. The maximum absolute atomic E-state index is 11.9. The van der Waals surface area contributed by atoms with Crippen LogP contribution < -0.4 is 5.73 Å². The molecular weight excluding hydrogens is 316 g/mol. The van der Waals surface area contributed by atoms with Gasteiger partial charge < -0.3 is 10.3 Å². The van der Waals surface area contributed by atoms with Gasteiger partial charge in [-0.25, -0.2) is 0 Å². The number of fused-ring (bicyclic) bond motifs is 1. The van der Waals surface area contributed by atoms with Gasteiger partial charge in [0.2, 0.25) is 11.8 Å². The Kier molecular flexibility index (Phi) is 4.53. The molecule has 6 nitrogen and oxygen atoms in total. The number of hydrogen-bond acceptors (Lipinski definition) is 5. The molecule has 1 aliphatic carbocycles. The van der Waals surface area contributed by atoms with Crippen LogP contribution >= 0.6 is 0 Å². The number of likely N-dealkylation sites (tertiary alicyclic amines) is 1. The van der Waals surface area contributed by atoms with Crippen LogP contribution in [0.4, 0.5) is 0 Å². The third-order valence-electron chi connectivity index (χ3n) is 5.58. The molecule has 0 bridgehead atoms. The normalized spacial score (nSPS) is 26.5. The molecule has 6 heteroatoms. The molecule has 0 spiro atoms. The van der Waals surface area contributed by atoms with Crippen LogP contribution in [0, 0.1) is 5.92 Å². The number of rotatable bonds is 5. The van der Waals surface area contributed by atoms with Gasteiger partial charge in [0.25, 0.3) is 0 Å². The molecule has 1 aromatic carbocycles. The highest BCUT2D eigenvalue weighted by Gasteiger charge is 2.44. The lowest BCUT2D eigenvalue weighted by Crippen LogP contribution is -2.44. The van der Waals surface area contributed by atoms with E-state index in [9.17, 15) is 4.79 Å². The van der Waals surface area contributed by atoms with Gasteiger partial charge in [-0.2, -0.15) is 4.98 Å². The summed E-state index contributed by atoms with van der Waals surface area (Å²) in [6.07, 6.45) is 6.29. The zero-order valence-electron chi connectivity index (χ0n) is 14.3. The molecule has 132 valence electrons. The Hall–Kier alpha value is -2.21. The zero-order chi connectivity index (χ0) is 17.2. The van der Waals surface area contributed by atoms with Gasteiger partial charge in [0.15, 0.2) is 5.82 Å². The van der Waals surface area contributed by atoms with Crippen LogP contribution in [-0.4, -0.2) is 33.0 Å². The first kappa shape index (κ1) is 16.3. The molecule has 1 amide bonds. The number of primary amides is 1. The second kappa shape index (κ2) is 6.96. The van der Waals surface area contributed by atoms with Crippen molar-refractivity contribution in [3.05, 3.63) is 47.6 Å². The number of carbonyl (C=O) groups excluding carboxylic acids is 1. The minimum atomic E-state index is -0.238. The third-order valence-corrected chi connectivity index (χ3v) is 5.58. The van der Waals surface area contributed by atoms with Crippen LogP contribution in [0.2, 0.25) is 0 Å². The fourth-order valence-corrected chi connectivity index (χ4v) is 4.42. The van der Waals surface area contributed by atoms with Crippen molar-refractivity contribution in [2.75, 3.05) is 0 Å². The average Bonchev–Trinajstić information content (AvgIpc) is 3.21. The van der Waals surface area contributed by atoms with Gasteiger partial charge in [0.1, 0.15) is 0 Å². The van der Waals surface area contributed by atoms with Crippen LogP contribution in [0.3, 0.4) is 0 Å². The van der Waals surface area contributed by atoms with E-state index >= 15 is 0 Å². The van der Waals surface area contributed by atoms with Crippen LogP contribution in [0.5, 0.6) is 0 Å². The minimum absolute atomic E-state index is 0.211. The lowest BCUT2D eigenvalue weighted by Gasteiger charge is -2.32. The van der Waals surface area contributed by atoms with Crippen molar-refractivity contribution in [2.45, 2.75) is 57.2 Å². The highest BCUT2D eigenvalue weighted by molar-refractivity contribution is 5.80. The van der Waals surface area contributed by atoms with Crippen molar-refractivity contribution in [1.29, 1.82) is 0 Å². The molecule has 2 N–H and O–H groups in total. The van der Waals surface area contributed by atoms with Crippen LogP contribution in [0.15, 0.2) is 34.9 Å². The molecular formula is C19H24N4O2. The van der Waals surface area contributed by atoms with Crippen molar-refractivity contribution in [1.82, 2.24) is 15.0 Å². The van der Waals surface area contributed by atoms with E-state index in [0.29, 0.717) is 36.6 Å². The third kappa shape index (κ3) is 3.44. The highest BCUT2D eigenvalue weighted by Crippen LogP contribution is 2.40. The predicted molar refractivity (Wildman–Crippen MR) is 92.4 cm³/mol. The fourth-order valence-electron chi connectivity index (χ4n) is 4.42. The topological polar surface area (TPSA) is 85.3 Å². The summed E-state index contributed by atoms with van der Waals surface area (Å²) in [7, 11) is 0. The van der Waals surface area contributed by atoms with Gasteiger partial charge in [-0.1, -0.05) is 48.3 Å². The van der Waals surface area contributed by atoms with E-state index in [1.54, 1.807) is 0 Å². The van der Waals surface area contributed by atoms with Crippen molar-refractivity contribution in [3.8, 4) is 0 Å². The summed E-state index contributed by atoms with van der Waals surface area (Å²) in [4.78, 5) is 18.6. The smallest absolute Gasteiger partial charge is 0.240 e. The number of hydrogen-bond donors (Lipinski definition) is 1. The molecule has 2 fully saturated rings. The van der Waals surface area contributed by atoms with Crippen molar-refractivity contribution < 1.29 is 9.32 Å². The number of amides is 1. The first-order valence-electron chi connectivity index (χ1n) is 9.11. The molecule has 2 heterocycles. The zero-order valence-corrected chi connectivity index (χ0v) is 14.3. The Balaban J connectivity index is 1.48. The van der Waals surface area contributed by atoms with Gasteiger partial charge >= 0.3 is 0 Å². The maximum atomic E-state index is 11.9. The Morgan fingerprint density at radius 2 is 2.04 bits per heavy atom. The van der Waals surface area contributed by atoms with Crippen molar-refractivity contribution >= 4 is 5.91 Å². The molecule has 3 atom stereocenters. The highest BCUT2D eigenvalue weighted by atomic mass is 16.5. The van der Waals surface area contributed by atoms with Gasteiger partial charge in [-0.3, -0.25) is 9.69 Å². The van der Waals surface area contributed by atoms with E-state index in [0.717, 1.165) is 18.4 Å². The summed E-state index contributed by atoms with van der Waals surface area (Å²) in [5.74, 6) is 1.58. The fraction of sp³-hybridized carbons (Fsp3) is 0.526. The second-order valence-corrected chi connectivity index (χ2v) is 7.20. The summed E-state index contributed by atoms with van der Waals surface area (Å²) in [6.45, 7) is 0.510. The van der Waals surface area contributed by atoms with Gasteiger partial charge in [-0.05, 0) is 30.7 Å². The monoisotopic (exact) mass is 340 g/mol. The van der Waals surface area contributed by atoms with E-state index in [1.165, 1.54) is 19.3 Å². The SMILES string of the molecule is NC(=O)[C@@H]1C[C@@H]2CCCC[C@H]2N1Cc1nc(Cc2ccccc2)no1. The van der Waals surface area contributed by atoms with E-state index < -0.39 is 0 Å². The Labute approximate surface area is 147 Å². The average molecular weight is 340 g/mol. The van der Waals surface area contributed by atoms with E-state index in [4.69, 9.17) is 10.3 Å².